The van der Waals surface area contributed by atoms with Crippen molar-refractivity contribution in [3.05, 3.63) is 6.20 Å². The van der Waals surface area contributed by atoms with Gasteiger partial charge in [0.1, 0.15) is 13.2 Å². The van der Waals surface area contributed by atoms with Crippen molar-refractivity contribution < 1.29 is 23.8 Å². The molecule has 0 N–H and O–H groups in total. The van der Waals surface area contributed by atoms with Crippen LogP contribution in [0.15, 0.2) is 6.20 Å². The summed E-state index contributed by atoms with van der Waals surface area (Å²) in [5.41, 5.74) is 0. The van der Waals surface area contributed by atoms with E-state index in [1.807, 2.05) is 13.8 Å². The molecule has 0 radical (unpaired) electrons. The summed E-state index contributed by atoms with van der Waals surface area (Å²) >= 11 is 0. The Bertz CT molecular complexity index is 557. The highest BCUT2D eigenvalue weighted by Crippen LogP contribution is 2.09. The van der Waals surface area contributed by atoms with E-state index >= 15 is 0 Å². The van der Waals surface area contributed by atoms with Crippen LogP contribution in [0.3, 0.4) is 0 Å². The number of hydrogen-bond acceptors (Lipinski definition) is 7. The molecule has 0 saturated heterocycles. The summed E-state index contributed by atoms with van der Waals surface area (Å²) in [6, 6.07) is 0.196. The molecular formula is C19H33N3O5. The average molecular weight is 383 g/mol. The average Bonchev–Trinajstić information content (AvgIpc) is 3.08. The topological polar surface area (TPSA) is 92.5 Å². The van der Waals surface area contributed by atoms with E-state index in [1.54, 1.807) is 10.9 Å². The largest absolute Gasteiger partial charge is 0.467 e. The van der Waals surface area contributed by atoms with Gasteiger partial charge in [-0.2, -0.15) is 0 Å². The lowest BCUT2D eigenvalue weighted by molar-refractivity contribution is -0.145. The van der Waals surface area contributed by atoms with Crippen LogP contribution in [0, 0.1) is 5.92 Å². The van der Waals surface area contributed by atoms with E-state index in [9.17, 15) is 9.59 Å². The number of rotatable bonds is 15. The van der Waals surface area contributed by atoms with Crippen molar-refractivity contribution in [3.63, 3.8) is 0 Å². The standard InChI is InChI=1S/C19H33N3O5/c1-15(2)7-5-9-19(24)26-12-11-25-10-6-8-17(23)14-27-18-13-22(16(3)4)21-20-18/h13,15-16H,5-12,14H2,1-4H3. The van der Waals surface area contributed by atoms with E-state index in [2.05, 4.69) is 24.2 Å². The first-order chi connectivity index (χ1) is 12.9. The van der Waals surface area contributed by atoms with Crippen molar-refractivity contribution in [2.24, 2.45) is 5.92 Å². The lowest BCUT2D eigenvalue weighted by atomic mass is 10.1. The molecule has 1 rings (SSSR count). The van der Waals surface area contributed by atoms with Crippen LogP contribution in [0.1, 0.15) is 65.8 Å². The summed E-state index contributed by atoms with van der Waals surface area (Å²) < 4.78 is 17.5. The fraction of sp³-hybridized carbons (Fsp3) is 0.789. The van der Waals surface area contributed by atoms with Gasteiger partial charge in [-0.25, -0.2) is 4.68 Å². The molecule has 0 saturated carbocycles. The molecule has 8 nitrogen and oxygen atoms in total. The second-order valence-electron chi connectivity index (χ2n) is 7.18. The number of Topliss-reactive ketones (excluding diaryl/α,β-unsaturated/α-hetero) is 1. The molecule has 0 fully saturated rings. The summed E-state index contributed by atoms with van der Waals surface area (Å²) in [6.07, 6.45) is 4.98. The van der Waals surface area contributed by atoms with E-state index in [-0.39, 0.29) is 31.0 Å². The van der Waals surface area contributed by atoms with Gasteiger partial charge in [-0.05, 0) is 32.6 Å². The Hall–Kier alpha value is -1.96. The van der Waals surface area contributed by atoms with Crippen molar-refractivity contribution in [1.82, 2.24) is 15.0 Å². The first-order valence-electron chi connectivity index (χ1n) is 9.68. The van der Waals surface area contributed by atoms with Crippen molar-refractivity contribution in [1.29, 1.82) is 0 Å². The highest BCUT2D eigenvalue weighted by atomic mass is 16.6. The maximum Gasteiger partial charge on any atom is 0.305 e. The van der Waals surface area contributed by atoms with Crippen LogP contribution >= 0.6 is 0 Å². The molecular weight excluding hydrogens is 350 g/mol. The van der Waals surface area contributed by atoms with E-state index in [1.165, 1.54) is 0 Å². The summed E-state index contributed by atoms with van der Waals surface area (Å²) in [5.74, 6) is 0.752. The van der Waals surface area contributed by atoms with Crippen molar-refractivity contribution in [3.8, 4) is 5.88 Å². The number of nitrogens with zero attached hydrogens (tertiary/aromatic N) is 3. The van der Waals surface area contributed by atoms with Crippen LogP contribution in [0.25, 0.3) is 0 Å². The highest BCUT2D eigenvalue weighted by Gasteiger charge is 2.08. The zero-order chi connectivity index (χ0) is 20.1. The normalized spacial score (nSPS) is 11.2. The van der Waals surface area contributed by atoms with Gasteiger partial charge in [0.05, 0.1) is 12.8 Å². The van der Waals surface area contributed by atoms with Crippen LogP contribution in [0.4, 0.5) is 0 Å². The summed E-state index contributed by atoms with van der Waals surface area (Å²) in [6.45, 7) is 9.25. The molecule has 1 aromatic heterocycles. The molecule has 0 aliphatic rings. The number of carbonyl (C=O) groups is 2. The van der Waals surface area contributed by atoms with Crippen LogP contribution in [-0.4, -0.2) is 53.2 Å². The number of hydrogen-bond donors (Lipinski definition) is 0. The van der Waals surface area contributed by atoms with E-state index in [0.717, 1.165) is 12.8 Å². The molecule has 0 atom stereocenters. The Morgan fingerprint density at radius 3 is 2.52 bits per heavy atom. The quantitative estimate of drug-likeness (QED) is 0.339. The number of esters is 1. The number of aromatic nitrogens is 3. The zero-order valence-corrected chi connectivity index (χ0v) is 17.0. The maximum absolute atomic E-state index is 11.8. The summed E-state index contributed by atoms with van der Waals surface area (Å²) in [5, 5.41) is 7.76. The second kappa shape index (κ2) is 13.2. The fourth-order valence-electron chi connectivity index (χ4n) is 2.22. The Balaban J connectivity index is 1.96. The Morgan fingerprint density at radius 1 is 1.07 bits per heavy atom. The second-order valence-corrected chi connectivity index (χ2v) is 7.18. The lowest BCUT2D eigenvalue weighted by Gasteiger charge is -2.07. The van der Waals surface area contributed by atoms with Crippen molar-refractivity contribution in [2.75, 3.05) is 26.4 Å². The van der Waals surface area contributed by atoms with Gasteiger partial charge in [0.25, 0.3) is 5.88 Å². The predicted octanol–water partition coefficient (Wildman–Crippen LogP) is 2.97. The molecule has 0 aliphatic carbocycles. The van der Waals surface area contributed by atoms with Gasteiger partial charge in [0.15, 0.2) is 5.78 Å². The van der Waals surface area contributed by atoms with Crippen LogP contribution < -0.4 is 4.74 Å². The van der Waals surface area contributed by atoms with Gasteiger partial charge in [-0.1, -0.05) is 30.6 Å². The summed E-state index contributed by atoms with van der Waals surface area (Å²) in [4.78, 5) is 23.3. The molecule has 0 amide bonds. The van der Waals surface area contributed by atoms with Gasteiger partial charge in [-0.3, -0.25) is 9.59 Å². The molecule has 8 heteroatoms. The van der Waals surface area contributed by atoms with E-state index < -0.39 is 0 Å². The molecule has 0 aromatic carbocycles. The van der Waals surface area contributed by atoms with Gasteiger partial charge < -0.3 is 14.2 Å². The number of ether oxygens (including phenoxy) is 3. The molecule has 0 aliphatic heterocycles. The van der Waals surface area contributed by atoms with Crippen molar-refractivity contribution >= 4 is 11.8 Å². The Kier molecular flexibility index (Phi) is 11.3. The molecule has 0 unspecified atom stereocenters. The first-order valence-corrected chi connectivity index (χ1v) is 9.68. The number of ketones is 1. The third-order valence-corrected chi connectivity index (χ3v) is 3.80. The third-order valence-electron chi connectivity index (χ3n) is 3.80. The van der Waals surface area contributed by atoms with E-state index in [4.69, 9.17) is 14.2 Å². The third kappa shape index (κ3) is 11.4. The minimum atomic E-state index is -0.180. The van der Waals surface area contributed by atoms with Gasteiger partial charge in [0.2, 0.25) is 0 Å². The molecule has 1 heterocycles. The molecule has 1 aromatic rings. The molecule has 27 heavy (non-hydrogen) atoms. The SMILES string of the molecule is CC(C)CCCC(=O)OCCOCCCC(=O)COc1cn(C(C)C)nn1. The minimum absolute atomic E-state index is 0.0192. The van der Waals surface area contributed by atoms with Crippen LogP contribution in [0.5, 0.6) is 5.88 Å². The Morgan fingerprint density at radius 2 is 1.85 bits per heavy atom. The molecule has 0 spiro atoms. The smallest absolute Gasteiger partial charge is 0.305 e. The number of carbonyl (C=O) groups excluding carboxylic acids is 2. The van der Waals surface area contributed by atoms with Gasteiger partial charge >= 0.3 is 5.97 Å². The fourth-order valence-corrected chi connectivity index (χ4v) is 2.22. The highest BCUT2D eigenvalue weighted by molar-refractivity contribution is 5.79. The predicted molar refractivity (Wildman–Crippen MR) is 101 cm³/mol. The van der Waals surface area contributed by atoms with Crippen molar-refractivity contribution in [2.45, 2.75) is 65.8 Å². The van der Waals surface area contributed by atoms with Gasteiger partial charge in [0, 0.05) is 25.5 Å². The Labute approximate surface area is 161 Å². The minimum Gasteiger partial charge on any atom is -0.467 e. The van der Waals surface area contributed by atoms with Crippen LogP contribution in [0.2, 0.25) is 0 Å². The maximum atomic E-state index is 11.8. The lowest BCUT2D eigenvalue weighted by Crippen LogP contribution is -2.13. The van der Waals surface area contributed by atoms with Crippen LogP contribution in [-0.2, 0) is 19.1 Å². The monoisotopic (exact) mass is 383 g/mol. The van der Waals surface area contributed by atoms with E-state index in [0.29, 0.717) is 44.3 Å². The van der Waals surface area contributed by atoms with Gasteiger partial charge in [-0.15, -0.1) is 0 Å². The molecule has 0 bridgehead atoms. The zero-order valence-electron chi connectivity index (χ0n) is 17.0. The summed E-state index contributed by atoms with van der Waals surface area (Å²) in [7, 11) is 0. The first kappa shape index (κ1) is 23.1. The molecule has 154 valence electrons.